The van der Waals surface area contributed by atoms with Gasteiger partial charge in [0, 0.05) is 12.6 Å². The smallest absolute Gasteiger partial charge is 0.243 e. The van der Waals surface area contributed by atoms with Gasteiger partial charge in [-0.05, 0) is 58.8 Å². The molecule has 0 spiro atoms. The SMILES string of the molecule is COc1cc(S(=O)(=O)N(CCc2ccc(F)cc2)Cc2ccco2)ccc1-n1cnnn1. The van der Waals surface area contributed by atoms with Crippen LogP contribution < -0.4 is 4.74 Å². The summed E-state index contributed by atoms with van der Waals surface area (Å²) in [6, 6.07) is 13.9. The maximum atomic E-state index is 13.5. The van der Waals surface area contributed by atoms with Crippen LogP contribution in [0.25, 0.3) is 5.69 Å². The van der Waals surface area contributed by atoms with E-state index in [0.29, 0.717) is 23.6 Å². The molecule has 0 N–H and O–H groups in total. The molecule has 0 unspecified atom stereocenters. The van der Waals surface area contributed by atoms with Crippen LogP contribution in [0, 0.1) is 5.82 Å². The number of nitrogens with zero attached hydrogens (tertiary/aromatic N) is 5. The number of halogens is 1. The third-order valence-corrected chi connectivity index (χ3v) is 6.70. The van der Waals surface area contributed by atoms with Crippen LogP contribution in [-0.4, -0.2) is 46.6 Å². The zero-order chi connectivity index (χ0) is 22.6. The van der Waals surface area contributed by atoms with E-state index in [1.807, 2.05) is 0 Å². The molecule has 0 fully saturated rings. The normalized spacial score (nSPS) is 11.7. The maximum Gasteiger partial charge on any atom is 0.243 e. The molecule has 32 heavy (non-hydrogen) atoms. The summed E-state index contributed by atoms with van der Waals surface area (Å²) < 4.78 is 53.7. The zero-order valence-corrected chi connectivity index (χ0v) is 17.9. The first-order chi connectivity index (χ1) is 15.5. The molecule has 2 heterocycles. The van der Waals surface area contributed by atoms with Gasteiger partial charge in [0.2, 0.25) is 10.0 Å². The monoisotopic (exact) mass is 457 g/mol. The first kappa shape index (κ1) is 21.7. The molecule has 166 valence electrons. The number of ether oxygens (including phenoxy) is 1. The van der Waals surface area contributed by atoms with E-state index in [1.165, 1.54) is 53.0 Å². The third-order valence-electron chi connectivity index (χ3n) is 4.86. The summed E-state index contributed by atoms with van der Waals surface area (Å²) >= 11 is 0. The lowest BCUT2D eigenvalue weighted by atomic mass is 10.1. The van der Waals surface area contributed by atoms with E-state index in [2.05, 4.69) is 15.5 Å². The summed E-state index contributed by atoms with van der Waals surface area (Å²) in [7, 11) is -2.48. The quantitative estimate of drug-likeness (QED) is 0.381. The summed E-state index contributed by atoms with van der Waals surface area (Å²) in [6.45, 7) is 0.222. The number of rotatable bonds is 9. The minimum Gasteiger partial charge on any atom is -0.494 e. The zero-order valence-electron chi connectivity index (χ0n) is 17.1. The van der Waals surface area contributed by atoms with Crippen molar-refractivity contribution < 1.29 is 22.0 Å². The first-order valence-corrected chi connectivity index (χ1v) is 11.1. The van der Waals surface area contributed by atoms with Crippen LogP contribution in [-0.2, 0) is 23.0 Å². The molecule has 0 saturated heterocycles. The predicted molar refractivity (Wildman–Crippen MR) is 112 cm³/mol. The van der Waals surface area contributed by atoms with Crippen molar-refractivity contribution in [1.29, 1.82) is 0 Å². The van der Waals surface area contributed by atoms with Crippen LogP contribution in [0.1, 0.15) is 11.3 Å². The van der Waals surface area contributed by atoms with Gasteiger partial charge in [-0.2, -0.15) is 8.99 Å². The Morgan fingerprint density at radius 1 is 1.16 bits per heavy atom. The molecule has 2 aromatic carbocycles. The molecular formula is C21H20FN5O4S. The van der Waals surface area contributed by atoms with E-state index in [4.69, 9.17) is 9.15 Å². The fourth-order valence-corrected chi connectivity index (χ4v) is 4.62. The Balaban J connectivity index is 1.64. The Bertz CT molecular complexity index is 1260. The van der Waals surface area contributed by atoms with Crippen molar-refractivity contribution >= 4 is 10.0 Å². The summed E-state index contributed by atoms with van der Waals surface area (Å²) in [4.78, 5) is 0.0526. The fraction of sp³-hybridized carbons (Fsp3) is 0.190. The van der Waals surface area contributed by atoms with Gasteiger partial charge in [0.05, 0.1) is 24.8 Å². The van der Waals surface area contributed by atoms with Gasteiger partial charge >= 0.3 is 0 Å². The van der Waals surface area contributed by atoms with Crippen molar-refractivity contribution in [2.24, 2.45) is 0 Å². The minimum absolute atomic E-state index is 0.0492. The number of benzene rings is 2. The highest BCUT2D eigenvalue weighted by molar-refractivity contribution is 7.89. The van der Waals surface area contributed by atoms with Crippen molar-refractivity contribution in [3.8, 4) is 11.4 Å². The molecule has 0 aliphatic rings. The lowest BCUT2D eigenvalue weighted by molar-refractivity contribution is 0.365. The molecule has 0 aliphatic heterocycles. The lowest BCUT2D eigenvalue weighted by Gasteiger charge is -2.22. The largest absolute Gasteiger partial charge is 0.494 e. The number of sulfonamides is 1. The summed E-state index contributed by atoms with van der Waals surface area (Å²) in [5.41, 5.74) is 1.32. The van der Waals surface area contributed by atoms with Crippen LogP contribution in [0.3, 0.4) is 0 Å². The van der Waals surface area contributed by atoms with E-state index >= 15 is 0 Å². The van der Waals surface area contributed by atoms with Crippen molar-refractivity contribution in [1.82, 2.24) is 24.5 Å². The predicted octanol–water partition coefficient (Wildman–Crippen LogP) is 2.84. The van der Waals surface area contributed by atoms with Gasteiger partial charge in [-0.1, -0.05) is 12.1 Å². The Kier molecular flexibility index (Phi) is 6.28. The van der Waals surface area contributed by atoms with Crippen molar-refractivity contribution in [3.63, 3.8) is 0 Å². The van der Waals surface area contributed by atoms with E-state index < -0.39 is 10.0 Å². The fourth-order valence-electron chi connectivity index (χ4n) is 3.19. The van der Waals surface area contributed by atoms with Gasteiger partial charge < -0.3 is 9.15 Å². The first-order valence-electron chi connectivity index (χ1n) is 9.66. The second-order valence-electron chi connectivity index (χ2n) is 6.88. The molecule has 0 amide bonds. The highest BCUT2D eigenvalue weighted by Gasteiger charge is 2.27. The number of tetrazole rings is 1. The second-order valence-corrected chi connectivity index (χ2v) is 8.82. The molecule has 0 aliphatic carbocycles. The molecule has 4 aromatic rings. The van der Waals surface area contributed by atoms with Crippen LogP contribution in [0.5, 0.6) is 5.75 Å². The number of furan rings is 1. The second kappa shape index (κ2) is 9.28. The Labute approximate surface area is 184 Å². The van der Waals surface area contributed by atoms with Crippen LogP contribution >= 0.6 is 0 Å². The maximum absolute atomic E-state index is 13.5. The summed E-state index contributed by atoms with van der Waals surface area (Å²) in [5.74, 6) is 0.461. The molecule has 9 nitrogen and oxygen atoms in total. The van der Waals surface area contributed by atoms with Crippen LogP contribution in [0.15, 0.2) is 76.5 Å². The molecule has 0 radical (unpaired) electrons. The average Bonchev–Trinajstić information content (AvgIpc) is 3.51. The van der Waals surface area contributed by atoms with E-state index in [-0.39, 0.29) is 23.8 Å². The van der Waals surface area contributed by atoms with E-state index in [9.17, 15) is 12.8 Å². The molecule has 4 rings (SSSR count). The van der Waals surface area contributed by atoms with Crippen molar-refractivity contribution in [2.45, 2.75) is 17.9 Å². The third kappa shape index (κ3) is 4.68. The highest BCUT2D eigenvalue weighted by Crippen LogP contribution is 2.28. The number of hydrogen-bond donors (Lipinski definition) is 0. The number of aromatic nitrogens is 4. The minimum atomic E-state index is -3.92. The Hall–Kier alpha value is -3.57. The van der Waals surface area contributed by atoms with Gasteiger partial charge in [0.25, 0.3) is 0 Å². The molecule has 0 bridgehead atoms. The standard InChI is InChI=1S/C21H20FN5O4S/c1-30-21-13-19(8-9-20(21)27-15-23-24-25-27)32(28,29)26(14-18-3-2-12-31-18)11-10-16-4-6-17(22)7-5-16/h2-9,12-13,15H,10-11,14H2,1H3. The summed E-state index contributed by atoms with van der Waals surface area (Å²) in [6.07, 6.45) is 3.28. The molecular weight excluding hydrogens is 437 g/mol. The van der Waals surface area contributed by atoms with Crippen molar-refractivity contribution in [3.05, 3.63) is 84.3 Å². The van der Waals surface area contributed by atoms with Gasteiger partial charge in [-0.15, -0.1) is 5.10 Å². The molecule has 2 aromatic heterocycles. The van der Waals surface area contributed by atoms with Gasteiger partial charge in [-0.3, -0.25) is 0 Å². The lowest BCUT2D eigenvalue weighted by Crippen LogP contribution is -2.32. The topological polar surface area (TPSA) is 103 Å². The van der Waals surface area contributed by atoms with Crippen molar-refractivity contribution in [2.75, 3.05) is 13.7 Å². The Morgan fingerprint density at radius 3 is 2.62 bits per heavy atom. The van der Waals surface area contributed by atoms with Gasteiger partial charge in [0.1, 0.15) is 29.3 Å². The number of hydrogen-bond acceptors (Lipinski definition) is 7. The van der Waals surface area contributed by atoms with Gasteiger partial charge in [0.15, 0.2) is 0 Å². The molecule has 0 saturated carbocycles. The average molecular weight is 457 g/mol. The highest BCUT2D eigenvalue weighted by atomic mass is 32.2. The molecule has 0 atom stereocenters. The Morgan fingerprint density at radius 2 is 1.97 bits per heavy atom. The number of methoxy groups -OCH3 is 1. The van der Waals surface area contributed by atoms with Crippen LogP contribution in [0.4, 0.5) is 4.39 Å². The van der Waals surface area contributed by atoms with E-state index in [1.54, 1.807) is 30.3 Å². The molecule has 11 heteroatoms. The van der Waals surface area contributed by atoms with Crippen LogP contribution in [0.2, 0.25) is 0 Å². The summed E-state index contributed by atoms with van der Waals surface area (Å²) in [5, 5.41) is 11.0. The van der Waals surface area contributed by atoms with E-state index in [0.717, 1.165) is 5.56 Å². The van der Waals surface area contributed by atoms with Gasteiger partial charge in [-0.25, -0.2) is 12.8 Å².